The highest BCUT2D eigenvalue weighted by Crippen LogP contribution is 2.23. The third kappa shape index (κ3) is 4.27. The smallest absolute Gasteiger partial charge is 0.241 e. The van der Waals surface area contributed by atoms with Gasteiger partial charge in [-0.15, -0.1) is 0 Å². The van der Waals surface area contributed by atoms with Crippen LogP contribution in [0.2, 0.25) is 0 Å². The first kappa shape index (κ1) is 17.4. The third-order valence-corrected chi connectivity index (χ3v) is 4.82. The molecule has 2 aromatic rings. The van der Waals surface area contributed by atoms with Gasteiger partial charge in [0.2, 0.25) is 10.0 Å². The molecule has 0 aliphatic carbocycles. The van der Waals surface area contributed by atoms with Crippen molar-refractivity contribution in [3.05, 3.63) is 59.7 Å². The highest BCUT2D eigenvalue weighted by molar-refractivity contribution is 7.89. The standard InChI is InChI=1S/C16H17F2NO3S/c1-3-16(11-4-6-14(22-2)7-5-11)19-23(20,21)15-9-12(17)8-13(18)10-15/h4-10,16,19H,3H2,1-2H3. The SMILES string of the molecule is CCC(NS(=O)(=O)c1cc(F)cc(F)c1)c1ccc(OC)cc1. The lowest BCUT2D eigenvalue weighted by molar-refractivity contribution is 0.414. The molecule has 0 saturated carbocycles. The molecule has 0 saturated heterocycles. The van der Waals surface area contributed by atoms with Gasteiger partial charge in [0.25, 0.3) is 0 Å². The van der Waals surface area contributed by atoms with Crippen LogP contribution in [0.1, 0.15) is 24.9 Å². The average Bonchev–Trinajstić information content (AvgIpc) is 2.52. The Kier molecular flexibility index (Phi) is 5.33. The minimum atomic E-state index is -4.04. The predicted octanol–water partition coefficient (Wildman–Crippen LogP) is 3.40. The lowest BCUT2D eigenvalue weighted by atomic mass is 10.1. The number of sulfonamides is 1. The topological polar surface area (TPSA) is 55.4 Å². The van der Waals surface area contributed by atoms with Gasteiger partial charge in [-0.1, -0.05) is 19.1 Å². The van der Waals surface area contributed by atoms with Gasteiger partial charge in [-0.05, 0) is 36.2 Å². The van der Waals surface area contributed by atoms with Crippen molar-refractivity contribution in [1.29, 1.82) is 0 Å². The maximum Gasteiger partial charge on any atom is 0.241 e. The molecule has 1 N–H and O–H groups in total. The summed E-state index contributed by atoms with van der Waals surface area (Å²) in [5.41, 5.74) is 0.730. The maximum atomic E-state index is 13.2. The fraction of sp³-hybridized carbons (Fsp3) is 0.250. The van der Waals surface area contributed by atoms with Crippen LogP contribution in [-0.4, -0.2) is 15.5 Å². The number of hydrogen-bond acceptors (Lipinski definition) is 3. The van der Waals surface area contributed by atoms with E-state index in [1.807, 2.05) is 6.92 Å². The zero-order valence-electron chi connectivity index (χ0n) is 12.7. The predicted molar refractivity (Wildman–Crippen MR) is 82.7 cm³/mol. The Bertz CT molecular complexity index is 756. The van der Waals surface area contributed by atoms with E-state index in [1.54, 1.807) is 24.3 Å². The van der Waals surface area contributed by atoms with Crippen LogP contribution in [0.25, 0.3) is 0 Å². The van der Waals surface area contributed by atoms with Gasteiger partial charge in [0.1, 0.15) is 17.4 Å². The summed E-state index contributed by atoms with van der Waals surface area (Å²) in [5, 5.41) is 0. The van der Waals surface area contributed by atoms with Crippen LogP contribution in [-0.2, 0) is 10.0 Å². The van der Waals surface area contributed by atoms with E-state index in [-0.39, 0.29) is 0 Å². The molecule has 0 fully saturated rings. The van der Waals surface area contributed by atoms with E-state index >= 15 is 0 Å². The first-order valence-electron chi connectivity index (χ1n) is 6.98. The summed E-state index contributed by atoms with van der Waals surface area (Å²) in [7, 11) is -2.51. The van der Waals surface area contributed by atoms with Gasteiger partial charge in [0.15, 0.2) is 0 Å². The van der Waals surface area contributed by atoms with Gasteiger partial charge < -0.3 is 4.74 Å². The number of benzene rings is 2. The number of methoxy groups -OCH3 is 1. The normalized spacial score (nSPS) is 12.9. The van der Waals surface area contributed by atoms with Crippen molar-refractivity contribution >= 4 is 10.0 Å². The maximum absolute atomic E-state index is 13.2. The molecule has 1 atom stereocenters. The van der Waals surface area contributed by atoms with Crippen LogP contribution >= 0.6 is 0 Å². The van der Waals surface area contributed by atoms with Crippen LogP contribution in [0.5, 0.6) is 5.75 Å². The summed E-state index contributed by atoms with van der Waals surface area (Å²) in [5.74, 6) is -1.23. The van der Waals surface area contributed by atoms with E-state index in [9.17, 15) is 17.2 Å². The molecule has 124 valence electrons. The molecule has 0 aliphatic heterocycles. The van der Waals surface area contributed by atoms with Crippen LogP contribution in [0.3, 0.4) is 0 Å². The number of rotatable bonds is 6. The summed E-state index contributed by atoms with van der Waals surface area (Å²) in [6.45, 7) is 1.81. The van der Waals surface area contributed by atoms with Gasteiger partial charge in [-0.3, -0.25) is 0 Å². The quantitative estimate of drug-likeness (QED) is 0.876. The Morgan fingerprint density at radius 3 is 2.13 bits per heavy atom. The Morgan fingerprint density at radius 2 is 1.65 bits per heavy atom. The van der Waals surface area contributed by atoms with Gasteiger partial charge in [0, 0.05) is 12.1 Å². The van der Waals surface area contributed by atoms with E-state index in [2.05, 4.69) is 4.72 Å². The lowest BCUT2D eigenvalue weighted by Crippen LogP contribution is -2.28. The highest BCUT2D eigenvalue weighted by atomic mass is 32.2. The third-order valence-electron chi connectivity index (χ3n) is 3.37. The molecule has 0 radical (unpaired) electrons. The number of nitrogens with one attached hydrogen (secondary N) is 1. The molecule has 23 heavy (non-hydrogen) atoms. The average molecular weight is 341 g/mol. The van der Waals surface area contributed by atoms with Crippen LogP contribution in [0, 0.1) is 11.6 Å². The van der Waals surface area contributed by atoms with Crippen molar-refractivity contribution in [2.45, 2.75) is 24.3 Å². The van der Waals surface area contributed by atoms with Crippen LogP contribution in [0.15, 0.2) is 47.4 Å². The first-order chi connectivity index (χ1) is 10.9. The Morgan fingerprint density at radius 1 is 1.09 bits per heavy atom. The second-order valence-corrected chi connectivity index (χ2v) is 6.67. The number of ether oxygens (including phenoxy) is 1. The summed E-state index contributed by atoms with van der Waals surface area (Å²) in [6.07, 6.45) is 0.476. The van der Waals surface area contributed by atoms with E-state index in [4.69, 9.17) is 4.74 Å². The van der Waals surface area contributed by atoms with Crippen molar-refractivity contribution in [2.24, 2.45) is 0 Å². The van der Waals surface area contributed by atoms with Crippen molar-refractivity contribution in [1.82, 2.24) is 4.72 Å². The Hall–Kier alpha value is -1.99. The molecular formula is C16H17F2NO3S. The molecule has 0 aliphatic rings. The molecule has 0 spiro atoms. The number of hydrogen-bond donors (Lipinski definition) is 1. The molecule has 2 rings (SSSR count). The van der Waals surface area contributed by atoms with E-state index in [0.29, 0.717) is 18.2 Å². The molecule has 0 heterocycles. The van der Waals surface area contributed by atoms with E-state index in [1.165, 1.54) is 7.11 Å². The highest BCUT2D eigenvalue weighted by Gasteiger charge is 2.21. The monoisotopic (exact) mass is 341 g/mol. The zero-order valence-corrected chi connectivity index (χ0v) is 13.5. The minimum Gasteiger partial charge on any atom is -0.497 e. The molecular weight excluding hydrogens is 324 g/mol. The van der Waals surface area contributed by atoms with Gasteiger partial charge in [0.05, 0.1) is 12.0 Å². The molecule has 0 bridgehead atoms. The molecule has 1 unspecified atom stereocenters. The summed E-state index contributed by atoms with van der Waals surface area (Å²) in [6, 6.07) is 8.58. The van der Waals surface area contributed by atoms with Crippen molar-refractivity contribution < 1.29 is 21.9 Å². The summed E-state index contributed by atoms with van der Waals surface area (Å²) < 4.78 is 58.7. The largest absolute Gasteiger partial charge is 0.497 e. The van der Waals surface area contributed by atoms with Crippen molar-refractivity contribution in [3.8, 4) is 5.75 Å². The number of halogens is 2. The molecule has 0 aromatic heterocycles. The van der Waals surface area contributed by atoms with Crippen molar-refractivity contribution in [2.75, 3.05) is 7.11 Å². The van der Waals surface area contributed by atoms with Gasteiger partial charge >= 0.3 is 0 Å². The lowest BCUT2D eigenvalue weighted by Gasteiger charge is -2.18. The molecule has 4 nitrogen and oxygen atoms in total. The summed E-state index contributed by atoms with van der Waals surface area (Å²) >= 11 is 0. The Balaban J connectivity index is 2.28. The Labute approximate surface area is 134 Å². The molecule has 0 amide bonds. The zero-order chi connectivity index (χ0) is 17.0. The fourth-order valence-electron chi connectivity index (χ4n) is 2.16. The summed E-state index contributed by atoms with van der Waals surface area (Å²) in [4.78, 5) is -0.443. The van der Waals surface area contributed by atoms with Crippen LogP contribution < -0.4 is 9.46 Å². The van der Waals surface area contributed by atoms with Gasteiger partial charge in [-0.25, -0.2) is 21.9 Å². The second kappa shape index (κ2) is 7.06. The fourth-order valence-corrected chi connectivity index (χ4v) is 3.51. The minimum absolute atomic E-state index is 0.443. The van der Waals surface area contributed by atoms with Crippen LogP contribution in [0.4, 0.5) is 8.78 Å². The van der Waals surface area contributed by atoms with Gasteiger partial charge in [-0.2, -0.15) is 0 Å². The van der Waals surface area contributed by atoms with Crippen molar-refractivity contribution in [3.63, 3.8) is 0 Å². The molecule has 2 aromatic carbocycles. The van der Waals surface area contributed by atoms with E-state index < -0.39 is 32.6 Å². The molecule has 7 heteroatoms. The second-order valence-electron chi connectivity index (χ2n) is 4.96. The first-order valence-corrected chi connectivity index (χ1v) is 8.46. The van der Waals surface area contributed by atoms with E-state index in [0.717, 1.165) is 17.7 Å².